The Bertz CT molecular complexity index is 309. The van der Waals surface area contributed by atoms with E-state index in [0.29, 0.717) is 19.5 Å². The van der Waals surface area contributed by atoms with Crippen molar-refractivity contribution in [1.82, 2.24) is 9.03 Å². The average molecular weight is 266 g/mol. The van der Waals surface area contributed by atoms with Crippen molar-refractivity contribution in [2.24, 2.45) is 11.3 Å². The molecular formula is C11H26N2O3S. The molecule has 0 saturated carbocycles. The lowest BCUT2D eigenvalue weighted by Gasteiger charge is -2.28. The van der Waals surface area contributed by atoms with Crippen molar-refractivity contribution in [3.8, 4) is 0 Å². The molecule has 0 aliphatic heterocycles. The molecule has 17 heavy (non-hydrogen) atoms. The summed E-state index contributed by atoms with van der Waals surface area (Å²) in [6.45, 7) is 9.03. The van der Waals surface area contributed by atoms with Gasteiger partial charge < -0.3 is 5.11 Å². The summed E-state index contributed by atoms with van der Waals surface area (Å²) in [5.74, 6) is 0.253. The van der Waals surface area contributed by atoms with Gasteiger partial charge in [-0.3, -0.25) is 0 Å². The molecule has 0 aliphatic rings. The van der Waals surface area contributed by atoms with Gasteiger partial charge in [0.25, 0.3) is 10.2 Å². The largest absolute Gasteiger partial charge is 0.396 e. The maximum Gasteiger partial charge on any atom is 0.279 e. The third-order valence-electron chi connectivity index (χ3n) is 3.09. The molecule has 0 heterocycles. The van der Waals surface area contributed by atoms with Crippen molar-refractivity contribution in [2.75, 3.05) is 26.7 Å². The SMILES string of the molecule is CC(CNS(=O)(=O)N(C)CCCO)C(C)(C)C. The lowest BCUT2D eigenvalue weighted by Crippen LogP contribution is -2.42. The zero-order chi connectivity index (χ0) is 13.7. The Kier molecular flexibility index (Phi) is 6.61. The first-order valence-electron chi connectivity index (χ1n) is 5.93. The standard InChI is InChI=1S/C11H26N2O3S/c1-10(11(2,3)4)9-12-17(15,16)13(5)7-6-8-14/h10,12,14H,6-9H2,1-5H3. The summed E-state index contributed by atoms with van der Waals surface area (Å²) in [6, 6.07) is 0. The van der Waals surface area contributed by atoms with Gasteiger partial charge in [0.15, 0.2) is 0 Å². The third kappa shape index (κ3) is 6.35. The van der Waals surface area contributed by atoms with E-state index in [-0.39, 0.29) is 17.9 Å². The first kappa shape index (κ1) is 16.8. The van der Waals surface area contributed by atoms with Crippen LogP contribution in [0.2, 0.25) is 0 Å². The fourth-order valence-corrected chi connectivity index (χ4v) is 2.11. The molecule has 0 spiro atoms. The summed E-state index contributed by atoms with van der Waals surface area (Å²) < 4.78 is 27.4. The zero-order valence-corrected chi connectivity index (χ0v) is 12.3. The van der Waals surface area contributed by atoms with Crippen molar-refractivity contribution in [1.29, 1.82) is 0 Å². The van der Waals surface area contributed by atoms with Gasteiger partial charge in [-0.2, -0.15) is 12.7 Å². The summed E-state index contributed by atoms with van der Waals surface area (Å²) >= 11 is 0. The number of aliphatic hydroxyl groups is 1. The van der Waals surface area contributed by atoms with Crippen LogP contribution in [0.3, 0.4) is 0 Å². The minimum atomic E-state index is -3.42. The molecule has 1 atom stereocenters. The van der Waals surface area contributed by atoms with Crippen molar-refractivity contribution < 1.29 is 13.5 Å². The molecule has 0 aromatic carbocycles. The second kappa shape index (κ2) is 6.68. The van der Waals surface area contributed by atoms with E-state index >= 15 is 0 Å². The average Bonchev–Trinajstić information content (AvgIpc) is 2.20. The molecule has 0 aliphatic carbocycles. The molecule has 0 bridgehead atoms. The van der Waals surface area contributed by atoms with Gasteiger partial charge in [-0.1, -0.05) is 27.7 Å². The quantitative estimate of drug-likeness (QED) is 0.716. The van der Waals surface area contributed by atoms with Gasteiger partial charge in [0.2, 0.25) is 0 Å². The van der Waals surface area contributed by atoms with Gasteiger partial charge in [0.05, 0.1) is 0 Å². The number of hydrogen-bond acceptors (Lipinski definition) is 3. The third-order valence-corrected chi connectivity index (χ3v) is 4.63. The molecule has 0 saturated heterocycles. The van der Waals surface area contributed by atoms with E-state index in [0.717, 1.165) is 0 Å². The minimum absolute atomic E-state index is 0.00173. The highest BCUT2D eigenvalue weighted by atomic mass is 32.2. The fourth-order valence-electron chi connectivity index (χ4n) is 1.06. The smallest absolute Gasteiger partial charge is 0.279 e. The molecule has 0 aromatic rings. The molecule has 104 valence electrons. The second-order valence-electron chi connectivity index (χ2n) is 5.52. The van der Waals surface area contributed by atoms with Gasteiger partial charge in [-0.25, -0.2) is 4.72 Å². The maximum absolute atomic E-state index is 11.8. The molecule has 0 aromatic heterocycles. The molecule has 6 heteroatoms. The molecule has 0 rings (SSSR count). The van der Waals surface area contributed by atoms with Crippen molar-refractivity contribution in [3.63, 3.8) is 0 Å². The number of hydrogen-bond donors (Lipinski definition) is 2. The van der Waals surface area contributed by atoms with Crippen LogP contribution in [0.15, 0.2) is 0 Å². The van der Waals surface area contributed by atoms with E-state index in [2.05, 4.69) is 25.5 Å². The Hall–Kier alpha value is -0.170. The van der Waals surface area contributed by atoms with E-state index in [9.17, 15) is 8.42 Å². The zero-order valence-electron chi connectivity index (χ0n) is 11.5. The summed E-state index contributed by atoms with van der Waals surface area (Å²) in [7, 11) is -1.90. The minimum Gasteiger partial charge on any atom is -0.396 e. The van der Waals surface area contributed by atoms with E-state index in [1.807, 2.05) is 6.92 Å². The normalized spacial score (nSPS) is 15.2. The first-order valence-corrected chi connectivity index (χ1v) is 7.37. The predicted octanol–water partition coefficient (Wildman–Crippen LogP) is 0.817. The summed E-state index contributed by atoms with van der Waals surface area (Å²) in [5, 5.41) is 8.66. The summed E-state index contributed by atoms with van der Waals surface area (Å²) in [6.07, 6.45) is 0.451. The lowest BCUT2D eigenvalue weighted by molar-refractivity contribution is 0.259. The number of rotatable bonds is 7. The van der Waals surface area contributed by atoms with Crippen LogP contribution >= 0.6 is 0 Å². The van der Waals surface area contributed by atoms with Crippen LogP contribution in [-0.2, 0) is 10.2 Å². The van der Waals surface area contributed by atoms with Gasteiger partial charge >= 0.3 is 0 Å². The molecule has 0 fully saturated rings. The van der Waals surface area contributed by atoms with Crippen LogP contribution in [-0.4, -0.2) is 44.6 Å². The van der Waals surface area contributed by atoms with Crippen molar-refractivity contribution >= 4 is 10.2 Å². The van der Waals surface area contributed by atoms with Gasteiger partial charge in [-0.15, -0.1) is 0 Å². The molecule has 0 amide bonds. The molecular weight excluding hydrogens is 240 g/mol. The van der Waals surface area contributed by atoms with E-state index in [1.165, 1.54) is 11.4 Å². The second-order valence-corrected chi connectivity index (χ2v) is 7.38. The van der Waals surface area contributed by atoms with Gasteiger partial charge in [0.1, 0.15) is 0 Å². The van der Waals surface area contributed by atoms with E-state index in [1.54, 1.807) is 0 Å². The molecule has 2 N–H and O–H groups in total. The Morgan fingerprint density at radius 1 is 1.35 bits per heavy atom. The van der Waals surface area contributed by atoms with Crippen molar-refractivity contribution in [2.45, 2.75) is 34.1 Å². The Morgan fingerprint density at radius 3 is 2.29 bits per heavy atom. The van der Waals surface area contributed by atoms with Crippen molar-refractivity contribution in [3.05, 3.63) is 0 Å². The summed E-state index contributed by atoms with van der Waals surface area (Å²) in [5.41, 5.74) is 0.0756. The van der Waals surface area contributed by atoms with Gasteiger partial charge in [0, 0.05) is 26.7 Å². The highest BCUT2D eigenvalue weighted by Gasteiger charge is 2.23. The van der Waals surface area contributed by atoms with Gasteiger partial charge in [-0.05, 0) is 17.8 Å². The Balaban J connectivity index is 4.27. The number of nitrogens with zero attached hydrogens (tertiary/aromatic N) is 1. The lowest BCUT2D eigenvalue weighted by atomic mass is 9.82. The monoisotopic (exact) mass is 266 g/mol. The van der Waals surface area contributed by atoms with Crippen LogP contribution in [0.5, 0.6) is 0 Å². The molecule has 1 unspecified atom stereocenters. The number of aliphatic hydroxyl groups excluding tert-OH is 1. The Labute approximate surface area is 105 Å². The van der Waals surface area contributed by atoms with Crippen LogP contribution < -0.4 is 4.72 Å². The van der Waals surface area contributed by atoms with Crippen LogP contribution in [0.1, 0.15) is 34.1 Å². The van der Waals surface area contributed by atoms with Crippen LogP contribution in [0.25, 0.3) is 0 Å². The topological polar surface area (TPSA) is 69.6 Å². The predicted molar refractivity (Wildman–Crippen MR) is 69.9 cm³/mol. The Morgan fingerprint density at radius 2 is 1.88 bits per heavy atom. The van der Waals surface area contributed by atoms with Crippen LogP contribution in [0, 0.1) is 11.3 Å². The molecule has 0 radical (unpaired) electrons. The number of nitrogens with one attached hydrogen (secondary N) is 1. The fraction of sp³-hybridized carbons (Fsp3) is 1.00. The van der Waals surface area contributed by atoms with E-state index < -0.39 is 10.2 Å². The van der Waals surface area contributed by atoms with Crippen LogP contribution in [0.4, 0.5) is 0 Å². The summed E-state index contributed by atoms with van der Waals surface area (Å²) in [4.78, 5) is 0. The highest BCUT2D eigenvalue weighted by molar-refractivity contribution is 7.87. The highest BCUT2D eigenvalue weighted by Crippen LogP contribution is 2.24. The first-order chi connectivity index (χ1) is 7.61. The van der Waals surface area contributed by atoms with E-state index in [4.69, 9.17) is 5.11 Å². The maximum atomic E-state index is 11.8. The molecule has 5 nitrogen and oxygen atoms in total.